The van der Waals surface area contributed by atoms with Gasteiger partial charge in [0.2, 0.25) is 5.03 Å². The van der Waals surface area contributed by atoms with Gasteiger partial charge in [0.1, 0.15) is 17.2 Å². The van der Waals surface area contributed by atoms with Crippen LogP contribution in [0.3, 0.4) is 0 Å². The van der Waals surface area contributed by atoms with Gasteiger partial charge >= 0.3 is 5.69 Å². The maximum absolute atomic E-state index is 14.3. The number of unbranched alkanes of at least 4 members (excludes halogenated alkanes) is 1. The van der Waals surface area contributed by atoms with E-state index in [1.807, 2.05) is 6.92 Å². The van der Waals surface area contributed by atoms with E-state index in [1.165, 1.54) is 16.7 Å². The van der Waals surface area contributed by atoms with Crippen molar-refractivity contribution in [2.45, 2.75) is 44.3 Å². The third-order valence-corrected chi connectivity index (χ3v) is 7.36. The number of hydrogen-bond acceptors (Lipinski definition) is 8. The summed E-state index contributed by atoms with van der Waals surface area (Å²) in [5, 5.41) is 6.21. The van der Waals surface area contributed by atoms with E-state index in [0.717, 1.165) is 22.8 Å². The van der Waals surface area contributed by atoms with E-state index in [4.69, 9.17) is 0 Å². The molecule has 0 unspecified atom stereocenters. The lowest BCUT2D eigenvalue weighted by atomic mass is 10.1. The monoisotopic (exact) mass is 553 g/mol. The van der Waals surface area contributed by atoms with Crippen molar-refractivity contribution in [3.8, 4) is 0 Å². The largest absolute Gasteiger partial charge is 0.344 e. The number of H-pyrrole nitrogens is 1. The highest BCUT2D eigenvalue weighted by Crippen LogP contribution is 2.17. The molecule has 2 N–H and O–H groups in total. The molecule has 0 spiro atoms. The van der Waals surface area contributed by atoms with Gasteiger partial charge in [-0.2, -0.15) is 8.42 Å². The van der Waals surface area contributed by atoms with Gasteiger partial charge in [-0.1, -0.05) is 48.8 Å². The highest BCUT2D eigenvalue weighted by molar-refractivity contribution is 7.92. The third-order valence-electron chi connectivity index (χ3n) is 6.12. The minimum atomic E-state index is -3.94. The number of fused-ring (bicyclic) bond motifs is 1. The second-order valence-electron chi connectivity index (χ2n) is 8.87. The normalized spacial score (nSPS) is 11.7. The number of nitrogens with zero attached hydrogens (tertiary/aromatic N) is 5. The molecule has 5 rings (SSSR count). The Morgan fingerprint density at radius 2 is 1.85 bits per heavy atom. The molecule has 0 saturated carbocycles. The lowest BCUT2D eigenvalue weighted by Crippen LogP contribution is -2.40. The molecule has 14 heteroatoms. The Kier molecular flexibility index (Phi) is 7.11. The average Bonchev–Trinajstić information content (AvgIpc) is 3.60. The number of aromatic nitrogens is 6. The van der Waals surface area contributed by atoms with Crippen molar-refractivity contribution >= 4 is 26.9 Å². The van der Waals surface area contributed by atoms with Crippen LogP contribution in [0.15, 0.2) is 73.9 Å². The van der Waals surface area contributed by atoms with Crippen LogP contribution in [0.2, 0.25) is 0 Å². The van der Waals surface area contributed by atoms with E-state index in [-0.39, 0.29) is 34.7 Å². The van der Waals surface area contributed by atoms with E-state index < -0.39 is 27.1 Å². The summed E-state index contributed by atoms with van der Waals surface area (Å²) in [5.41, 5.74) is 0.558. The zero-order valence-electron chi connectivity index (χ0n) is 20.8. The molecule has 0 aliphatic carbocycles. The van der Waals surface area contributed by atoms with Gasteiger partial charge < -0.3 is 9.51 Å². The first-order chi connectivity index (χ1) is 18.8. The van der Waals surface area contributed by atoms with E-state index >= 15 is 0 Å². The van der Waals surface area contributed by atoms with E-state index in [0.29, 0.717) is 24.5 Å². The second-order valence-corrected chi connectivity index (χ2v) is 10.5. The van der Waals surface area contributed by atoms with Gasteiger partial charge in [0.05, 0.1) is 6.54 Å². The first-order valence-corrected chi connectivity index (χ1v) is 13.6. The van der Waals surface area contributed by atoms with E-state index in [2.05, 4.69) is 29.6 Å². The Morgan fingerprint density at radius 1 is 1.08 bits per heavy atom. The van der Waals surface area contributed by atoms with Crippen molar-refractivity contribution in [3.05, 3.63) is 98.4 Å². The Balaban J connectivity index is 1.45. The molecule has 12 nitrogen and oxygen atoms in total. The number of nitrogens with one attached hydrogen (secondary N) is 2. The molecule has 0 aliphatic rings. The minimum Gasteiger partial charge on any atom is -0.344 e. The van der Waals surface area contributed by atoms with Crippen LogP contribution in [0.4, 0.5) is 10.1 Å². The zero-order valence-corrected chi connectivity index (χ0v) is 21.6. The summed E-state index contributed by atoms with van der Waals surface area (Å²) in [7, 11) is -3.94. The molecule has 39 heavy (non-hydrogen) atoms. The predicted octanol–water partition coefficient (Wildman–Crippen LogP) is 2.65. The number of hydrogen-bond donors (Lipinski definition) is 2. The minimum absolute atomic E-state index is 0.155. The first kappa shape index (κ1) is 26.0. The van der Waals surface area contributed by atoms with E-state index in [9.17, 15) is 22.4 Å². The second kappa shape index (κ2) is 10.6. The van der Waals surface area contributed by atoms with Crippen molar-refractivity contribution in [2.24, 2.45) is 0 Å². The fourth-order valence-electron chi connectivity index (χ4n) is 4.12. The van der Waals surface area contributed by atoms with Gasteiger partial charge in [0.25, 0.3) is 15.6 Å². The van der Waals surface area contributed by atoms with Gasteiger partial charge in [0, 0.05) is 29.5 Å². The number of anilines is 1. The first-order valence-electron chi connectivity index (χ1n) is 12.1. The molecule has 5 aromatic rings. The molecule has 3 heterocycles. The highest BCUT2D eigenvalue weighted by Gasteiger charge is 2.20. The SMILES string of the molecule is CCCCn1c(=O)n(Cc2ccccc2F)c(=O)c2[nH]c(Cc3ccc(NS(=O)(=O)c4conn4)cc3)nc21. The molecular weight excluding hydrogens is 529 g/mol. The zero-order chi connectivity index (χ0) is 27.6. The molecule has 0 atom stereocenters. The summed E-state index contributed by atoms with van der Waals surface area (Å²) < 4.78 is 48.2. The third kappa shape index (κ3) is 5.36. The Morgan fingerprint density at radius 3 is 2.54 bits per heavy atom. The smallest absolute Gasteiger partial charge is 0.333 e. The summed E-state index contributed by atoms with van der Waals surface area (Å²) in [6.45, 7) is 2.13. The van der Waals surface area contributed by atoms with E-state index in [1.54, 1.807) is 36.4 Å². The number of benzene rings is 2. The van der Waals surface area contributed by atoms with Crippen LogP contribution in [0.25, 0.3) is 11.2 Å². The Bertz CT molecular complexity index is 1840. The van der Waals surface area contributed by atoms with Gasteiger partial charge in [0.15, 0.2) is 11.9 Å². The Labute approximate surface area is 221 Å². The molecule has 0 saturated heterocycles. The fraction of sp³-hybridized carbons (Fsp3) is 0.240. The summed E-state index contributed by atoms with van der Waals surface area (Å²) in [6, 6.07) is 12.6. The molecule has 0 bridgehead atoms. The topological polar surface area (TPSA) is 158 Å². The quantitative estimate of drug-likeness (QED) is 0.267. The summed E-state index contributed by atoms with van der Waals surface area (Å²) in [4.78, 5) is 34.2. The number of rotatable bonds is 10. The molecule has 2 aromatic carbocycles. The van der Waals surface area contributed by atoms with Crippen LogP contribution in [-0.2, 0) is 29.5 Å². The van der Waals surface area contributed by atoms with Crippen molar-refractivity contribution in [2.75, 3.05) is 4.72 Å². The van der Waals surface area contributed by atoms with Gasteiger partial charge in [-0.3, -0.25) is 18.7 Å². The fourth-order valence-corrected chi connectivity index (χ4v) is 4.98. The van der Waals surface area contributed by atoms with Crippen LogP contribution in [0.5, 0.6) is 0 Å². The lowest BCUT2D eigenvalue weighted by Gasteiger charge is -2.11. The Hall–Kier alpha value is -4.59. The molecule has 0 amide bonds. The van der Waals surface area contributed by atoms with Gasteiger partial charge in [-0.05, 0) is 30.2 Å². The van der Waals surface area contributed by atoms with Crippen LogP contribution in [0, 0.1) is 5.82 Å². The maximum Gasteiger partial charge on any atom is 0.333 e. The van der Waals surface area contributed by atoms with Crippen molar-refractivity contribution in [1.82, 2.24) is 29.5 Å². The van der Waals surface area contributed by atoms with Crippen LogP contribution >= 0.6 is 0 Å². The van der Waals surface area contributed by atoms with Crippen molar-refractivity contribution in [1.29, 1.82) is 0 Å². The average molecular weight is 554 g/mol. The summed E-state index contributed by atoms with van der Waals surface area (Å²) >= 11 is 0. The molecule has 0 aliphatic heterocycles. The van der Waals surface area contributed by atoms with Crippen LogP contribution in [-0.4, -0.2) is 37.9 Å². The number of aromatic amines is 1. The predicted molar refractivity (Wildman–Crippen MR) is 139 cm³/mol. The standard InChI is InChI=1S/C25H24FN7O5S/c1-2-3-12-32-23-22(24(34)33(25(32)35)14-17-6-4-5-7-19(17)26)27-20(28-23)13-16-8-10-18(11-9-16)30-39(36,37)21-15-38-31-29-21/h4-11,15,30H,2-3,12-14H2,1H3,(H,27,28). The molecule has 0 radical (unpaired) electrons. The molecule has 202 valence electrons. The molecule has 3 aromatic heterocycles. The highest BCUT2D eigenvalue weighted by atomic mass is 32.2. The van der Waals surface area contributed by atoms with Crippen molar-refractivity contribution in [3.63, 3.8) is 0 Å². The number of imidazole rings is 1. The number of sulfonamides is 1. The molecular formula is C25H24FN7O5S. The van der Waals surface area contributed by atoms with Gasteiger partial charge in [-0.25, -0.2) is 14.2 Å². The number of halogens is 1. The number of aryl methyl sites for hydroxylation is 1. The van der Waals surface area contributed by atoms with Crippen LogP contribution in [0.1, 0.15) is 36.7 Å². The van der Waals surface area contributed by atoms with Crippen LogP contribution < -0.4 is 16.0 Å². The summed E-state index contributed by atoms with van der Waals surface area (Å²) in [6.07, 6.45) is 2.71. The lowest BCUT2D eigenvalue weighted by molar-refractivity contribution is 0.392. The molecule has 0 fully saturated rings. The maximum atomic E-state index is 14.3. The van der Waals surface area contributed by atoms with Crippen molar-refractivity contribution < 1.29 is 17.3 Å². The summed E-state index contributed by atoms with van der Waals surface area (Å²) in [5.74, 6) is -0.0601. The van der Waals surface area contributed by atoms with Gasteiger partial charge in [-0.15, -0.1) is 0 Å².